The molecule has 1 aliphatic rings. The predicted octanol–water partition coefficient (Wildman–Crippen LogP) is 4.13. The van der Waals surface area contributed by atoms with Gasteiger partial charge < -0.3 is 9.84 Å². The molecule has 2 N–H and O–H groups in total. The van der Waals surface area contributed by atoms with Crippen LogP contribution in [0, 0.1) is 13.8 Å². The molecule has 1 aromatic heterocycles. The molecule has 0 saturated carbocycles. The maximum atomic E-state index is 11.6. The van der Waals surface area contributed by atoms with Gasteiger partial charge in [0.15, 0.2) is 20.7 Å². The Morgan fingerprint density at radius 2 is 1.78 bits per heavy atom. The predicted molar refractivity (Wildman–Crippen MR) is 144 cm³/mol. The van der Waals surface area contributed by atoms with Gasteiger partial charge in [-0.05, 0) is 69.9 Å². The van der Waals surface area contributed by atoms with E-state index in [9.17, 15) is 17.8 Å². The number of aryl methyl sites for hydroxylation is 2. The van der Waals surface area contributed by atoms with Crippen molar-refractivity contribution in [2.75, 3.05) is 16.8 Å². The maximum Gasteiger partial charge on any atom is 0.341 e. The number of aliphatic carboxylic acids is 1. The van der Waals surface area contributed by atoms with E-state index in [1.807, 2.05) is 25.0 Å². The van der Waals surface area contributed by atoms with E-state index in [2.05, 4.69) is 24.3 Å². The van der Waals surface area contributed by atoms with Crippen LogP contribution in [0.25, 0.3) is 0 Å². The molecule has 0 atom stereocenters. The van der Waals surface area contributed by atoms with Gasteiger partial charge in [0.1, 0.15) is 5.75 Å². The van der Waals surface area contributed by atoms with Crippen molar-refractivity contribution in [2.24, 2.45) is 5.10 Å². The summed E-state index contributed by atoms with van der Waals surface area (Å²) in [6.07, 6.45) is 0. The minimum atomic E-state index is -4.35. The van der Waals surface area contributed by atoms with Crippen molar-refractivity contribution in [3.05, 3.63) is 64.7 Å². The fourth-order valence-electron chi connectivity index (χ4n) is 3.64. The van der Waals surface area contributed by atoms with Crippen LogP contribution in [0.5, 0.6) is 5.75 Å². The van der Waals surface area contributed by atoms with Crippen molar-refractivity contribution in [3.8, 4) is 5.75 Å². The lowest BCUT2D eigenvalue weighted by Crippen LogP contribution is -2.59. The number of carbonyl (C=O) groups is 1. The van der Waals surface area contributed by atoms with Crippen molar-refractivity contribution in [3.63, 3.8) is 0 Å². The van der Waals surface area contributed by atoms with Crippen molar-refractivity contribution in [1.82, 2.24) is 9.66 Å². The number of carboxylic acids is 1. The van der Waals surface area contributed by atoms with E-state index in [0.717, 1.165) is 10.6 Å². The first kappa shape index (κ1) is 26.6. The highest BCUT2D eigenvalue weighted by Gasteiger charge is 2.43. The van der Waals surface area contributed by atoms with Crippen LogP contribution in [-0.2, 0) is 14.9 Å². The number of thiazole rings is 1. The normalized spacial score (nSPS) is 14.2. The molecule has 196 valence electrons. The first-order valence-corrected chi connectivity index (χ1v) is 16.9. The van der Waals surface area contributed by atoms with Crippen molar-refractivity contribution < 1.29 is 27.6 Å². The molecular formula is C23H27N5O6S2Si. The van der Waals surface area contributed by atoms with E-state index in [1.54, 1.807) is 35.4 Å². The fraction of sp³-hybridized carbons (Fsp3) is 0.261. The molecule has 0 fully saturated rings. The van der Waals surface area contributed by atoms with Crippen LogP contribution in [-0.4, -0.2) is 54.4 Å². The van der Waals surface area contributed by atoms with E-state index in [1.165, 1.54) is 23.5 Å². The lowest BCUT2D eigenvalue weighted by Gasteiger charge is -2.42. The van der Waals surface area contributed by atoms with Gasteiger partial charge in [-0.1, -0.05) is 23.5 Å². The summed E-state index contributed by atoms with van der Waals surface area (Å²) in [5, 5.41) is 18.1. The second-order valence-electron chi connectivity index (χ2n) is 9.30. The minimum absolute atomic E-state index is 0.216. The zero-order valence-electron chi connectivity index (χ0n) is 20.9. The molecule has 4 rings (SSSR count). The molecule has 37 heavy (non-hydrogen) atoms. The molecule has 0 unspecified atom stereocenters. The highest BCUT2D eigenvalue weighted by molar-refractivity contribution is 7.85. The minimum Gasteiger partial charge on any atom is -0.482 e. The number of aromatic nitrogens is 1. The Balaban J connectivity index is 1.87. The Morgan fingerprint density at radius 3 is 2.32 bits per heavy atom. The zero-order chi connectivity index (χ0) is 27.1. The Morgan fingerprint density at radius 1 is 1.11 bits per heavy atom. The number of hydrogen-bond acceptors (Lipinski definition) is 10. The number of hydrazone groups is 1. The van der Waals surface area contributed by atoms with Crippen LogP contribution in [0.2, 0.25) is 19.6 Å². The molecule has 2 aromatic carbocycles. The lowest BCUT2D eigenvalue weighted by atomic mass is 10.2. The molecule has 0 bridgehead atoms. The van der Waals surface area contributed by atoms with Crippen LogP contribution in [0.15, 0.2) is 58.5 Å². The highest BCUT2D eigenvalue weighted by Crippen LogP contribution is 2.37. The second-order valence-corrected chi connectivity index (χ2v) is 16.7. The molecule has 0 saturated heterocycles. The quantitative estimate of drug-likeness (QED) is 0.305. The lowest BCUT2D eigenvalue weighted by molar-refractivity contribution is -0.139. The van der Waals surface area contributed by atoms with E-state index < -0.39 is 30.9 Å². The number of rotatable bonds is 8. The third kappa shape index (κ3) is 5.61. The van der Waals surface area contributed by atoms with E-state index >= 15 is 0 Å². The zero-order valence-corrected chi connectivity index (χ0v) is 23.5. The number of amidine groups is 1. The fourth-order valence-corrected chi connectivity index (χ4v) is 6.55. The number of ether oxygens (including phenoxy) is 1. The molecular weight excluding hydrogens is 535 g/mol. The van der Waals surface area contributed by atoms with Crippen LogP contribution < -0.4 is 15.0 Å². The standard InChI is InChI=1S/C23H27N5O6S2Si/c1-15-16(2)35-23(24-15)26-25-22(17-7-6-8-19(13-17)34-14-21(29)30)28(37(3,4)5)27(26)18-9-11-20(12-10-18)36(31,32)33/h6-13H,14H2,1-5H3,(H,29,30)(H,31,32,33). The van der Waals surface area contributed by atoms with Crippen molar-refractivity contribution in [2.45, 2.75) is 38.4 Å². The van der Waals surface area contributed by atoms with Gasteiger partial charge in [-0.15, -0.1) is 10.2 Å². The molecule has 0 aliphatic carbocycles. The number of hydrazine groups is 2. The van der Waals surface area contributed by atoms with E-state index in [-0.39, 0.29) is 4.90 Å². The summed E-state index contributed by atoms with van der Waals surface area (Å²) in [7, 11) is -6.60. The van der Waals surface area contributed by atoms with Crippen molar-refractivity contribution >= 4 is 52.3 Å². The number of nitrogens with zero attached hydrogens (tertiary/aromatic N) is 5. The number of hydrogen-bond donors (Lipinski definition) is 2. The summed E-state index contributed by atoms with van der Waals surface area (Å²) in [4.78, 5) is 16.5. The molecule has 3 aromatic rings. The second kappa shape index (κ2) is 9.78. The monoisotopic (exact) mass is 561 g/mol. The first-order chi connectivity index (χ1) is 17.3. The summed E-state index contributed by atoms with van der Waals surface area (Å²) in [6.45, 7) is 9.82. The summed E-state index contributed by atoms with van der Waals surface area (Å²) in [5.41, 5.74) is 2.18. The summed E-state index contributed by atoms with van der Waals surface area (Å²) in [5.74, 6) is -0.0848. The van der Waals surface area contributed by atoms with E-state index in [0.29, 0.717) is 28.0 Å². The largest absolute Gasteiger partial charge is 0.482 e. The molecule has 0 amide bonds. The first-order valence-electron chi connectivity index (χ1n) is 11.2. The molecule has 0 spiro atoms. The van der Waals surface area contributed by atoms with Gasteiger partial charge in [-0.3, -0.25) is 9.23 Å². The van der Waals surface area contributed by atoms with E-state index in [4.69, 9.17) is 19.9 Å². The summed E-state index contributed by atoms with van der Waals surface area (Å²) < 4.78 is 40.2. The van der Waals surface area contributed by atoms with Gasteiger partial charge in [0, 0.05) is 10.4 Å². The Kier molecular flexibility index (Phi) is 7.03. The Labute approximate surface area is 220 Å². The number of carboxylic acid groups (broad SMARTS) is 1. The molecule has 1 aliphatic heterocycles. The van der Waals surface area contributed by atoms with Gasteiger partial charge in [0.05, 0.1) is 16.3 Å². The molecule has 14 heteroatoms. The average Bonchev–Trinajstić information content (AvgIpc) is 3.38. The van der Waals surface area contributed by atoms with Crippen molar-refractivity contribution in [1.29, 1.82) is 0 Å². The molecule has 0 radical (unpaired) electrons. The third-order valence-corrected chi connectivity index (χ3v) is 8.98. The van der Waals surface area contributed by atoms with Crippen LogP contribution in [0.3, 0.4) is 0 Å². The summed E-state index contributed by atoms with van der Waals surface area (Å²) >= 11 is 1.47. The van der Waals surface area contributed by atoms with Gasteiger partial charge in [0.25, 0.3) is 10.1 Å². The SMILES string of the molecule is Cc1nc(N2N=C(c3cccc(OCC(=O)O)c3)N([Si](C)(C)C)N2c2ccc(S(=O)(=O)O)cc2)sc1C. The third-order valence-electron chi connectivity index (χ3n) is 5.40. The smallest absolute Gasteiger partial charge is 0.341 e. The number of benzene rings is 2. The van der Waals surface area contributed by atoms with Crippen LogP contribution >= 0.6 is 11.3 Å². The van der Waals surface area contributed by atoms with Gasteiger partial charge >= 0.3 is 5.97 Å². The average molecular weight is 562 g/mol. The van der Waals surface area contributed by atoms with Crippen LogP contribution in [0.1, 0.15) is 16.1 Å². The van der Waals surface area contributed by atoms with Gasteiger partial charge in [0.2, 0.25) is 5.13 Å². The highest BCUT2D eigenvalue weighted by atomic mass is 32.2. The number of anilines is 2. The molecule has 2 heterocycles. The summed E-state index contributed by atoms with van der Waals surface area (Å²) in [6, 6.07) is 12.9. The van der Waals surface area contributed by atoms with Gasteiger partial charge in [-0.25, -0.2) is 9.78 Å². The maximum absolute atomic E-state index is 11.6. The van der Waals surface area contributed by atoms with Crippen LogP contribution in [0.4, 0.5) is 10.8 Å². The van der Waals surface area contributed by atoms with Gasteiger partial charge in [-0.2, -0.15) is 13.5 Å². The Bertz CT molecular complexity index is 1450. The molecule has 11 nitrogen and oxygen atoms in total. The topological polar surface area (TPSA) is 136 Å². The Hall–Kier alpha value is -3.46.